The molecule has 0 spiro atoms. The van der Waals surface area contributed by atoms with Gasteiger partial charge in [0.25, 0.3) is 0 Å². The number of ether oxygens (including phenoxy) is 1. The second-order valence-corrected chi connectivity index (χ2v) is 9.06. The zero-order valence-electron chi connectivity index (χ0n) is 17.9. The summed E-state index contributed by atoms with van der Waals surface area (Å²) in [5.41, 5.74) is 0.514. The molecule has 0 bridgehead atoms. The Hall–Kier alpha value is -1.56. The van der Waals surface area contributed by atoms with Gasteiger partial charge in [0, 0.05) is 0 Å². The van der Waals surface area contributed by atoms with Crippen LogP contribution in [0.25, 0.3) is 0 Å². The Labute approximate surface area is 175 Å². The maximum atomic E-state index is 14.9. The second kappa shape index (κ2) is 11.0. The van der Waals surface area contributed by atoms with Gasteiger partial charge in [-0.05, 0) is 67.9 Å². The first-order chi connectivity index (χ1) is 14.1. The minimum absolute atomic E-state index is 0.0541. The summed E-state index contributed by atoms with van der Waals surface area (Å²) in [4.78, 5) is 0. The van der Waals surface area contributed by atoms with Crippen molar-refractivity contribution in [2.75, 3.05) is 0 Å². The zero-order chi connectivity index (χ0) is 20.6. The number of benzene rings is 1. The Balaban J connectivity index is 1.60. The molecule has 1 unspecified atom stereocenters. The molecule has 1 aromatic rings. The van der Waals surface area contributed by atoms with E-state index < -0.39 is 17.7 Å². The molecule has 3 rings (SSSR count). The van der Waals surface area contributed by atoms with E-state index in [-0.39, 0.29) is 11.7 Å². The molecule has 0 aliphatic heterocycles. The number of halogens is 2. The number of hydrogen-bond acceptors (Lipinski definition) is 1. The Kier molecular flexibility index (Phi) is 8.40. The summed E-state index contributed by atoms with van der Waals surface area (Å²) in [6.45, 7) is 2.11. The van der Waals surface area contributed by atoms with Crippen LogP contribution in [0.4, 0.5) is 8.78 Å². The average molecular weight is 403 g/mol. The maximum Gasteiger partial charge on any atom is 0.200 e. The molecule has 0 heterocycles. The highest BCUT2D eigenvalue weighted by Gasteiger charge is 2.31. The lowest BCUT2D eigenvalue weighted by atomic mass is 9.70. The summed E-state index contributed by atoms with van der Waals surface area (Å²) in [6.07, 6.45) is 19.8. The number of rotatable bonds is 8. The summed E-state index contributed by atoms with van der Waals surface area (Å²) in [5.74, 6) is 2.63. The molecule has 2 fully saturated rings. The van der Waals surface area contributed by atoms with Crippen LogP contribution in [0.15, 0.2) is 12.1 Å². The molecule has 2 saturated carbocycles. The Morgan fingerprint density at radius 1 is 0.966 bits per heavy atom. The molecule has 0 amide bonds. The normalized spacial score (nSPS) is 24.1. The first-order valence-electron chi connectivity index (χ1n) is 11.7. The van der Waals surface area contributed by atoms with Crippen LogP contribution in [0.5, 0.6) is 5.75 Å². The van der Waals surface area contributed by atoms with Gasteiger partial charge in [-0.2, -0.15) is 4.39 Å². The molecular weight excluding hydrogens is 366 g/mol. The molecule has 1 atom stereocenters. The van der Waals surface area contributed by atoms with Gasteiger partial charge in [-0.15, -0.1) is 6.42 Å². The molecule has 0 radical (unpaired) electrons. The third-order valence-corrected chi connectivity index (χ3v) is 7.13. The first kappa shape index (κ1) is 22.1. The van der Waals surface area contributed by atoms with Crippen LogP contribution < -0.4 is 4.74 Å². The molecular formula is C26H36F2O. The fourth-order valence-electron chi connectivity index (χ4n) is 5.37. The van der Waals surface area contributed by atoms with E-state index in [0.717, 1.165) is 56.8 Å². The van der Waals surface area contributed by atoms with E-state index in [1.807, 2.05) is 0 Å². The van der Waals surface area contributed by atoms with Gasteiger partial charge < -0.3 is 4.74 Å². The third kappa shape index (κ3) is 5.74. The van der Waals surface area contributed by atoms with E-state index in [4.69, 9.17) is 11.2 Å². The van der Waals surface area contributed by atoms with Crippen LogP contribution in [0.1, 0.15) is 102 Å². The average Bonchev–Trinajstić information content (AvgIpc) is 2.77. The fraction of sp³-hybridized carbons (Fsp3) is 0.692. The highest BCUT2D eigenvalue weighted by molar-refractivity contribution is 5.34. The maximum absolute atomic E-state index is 14.9. The largest absolute Gasteiger partial charge is 0.475 e. The molecule has 1 nitrogen and oxygen atoms in total. The topological polar surface area (TPSA) is 9.23 Å². The molecule has 160 valence electrons. The van der Waals surface area contributed by atoms with Crippen molar-refractivity contribution >= 4 is 0 Å². The molecule has 1 aromatic carbocycles. The van der Waals surface area contributed by atoms with Crippen LogP contribution in [-0.4, -0.2) is 6.10 Å². The van der Waals surface area contributed by atoms with Gasteiger partial charge >= 0.3 is 0 Å². The summed E-state index contributed by atoms with van der Waals surface area (Å²) in [5, 5.41) is 0. The lowest BCUT2D eigenvalue weighted by molar-refractivity contribution is 0.184. The van der Waals surface area contributed by atoms with E-state index in [1.54, 1.807) is 12.1 Å². The van der Waals surface area contributed by atoms with E-state index >= 15 is 0 Å². The van der Waals surface area contributed by atoms with Gasteiger partial charge in [-0.3, -0.25) is 0 Å². The van der Waals surface area contributed by atoms with Crippen molar-refractivity contribution in [3.63, 3.8) is 0 Å². The monoisotopic (exact) mass is 402 g/mol. The number of unbranched alkanes of at least 4 members (excludes halogenated alkanes) is 2. The smallest absolute Gasteiger partial charge is 0.200 e. The van der Waals surface area contributed by atoms with Crippen molar-refractivity contribution in [1.29, 1.82) is 0 Å². The Morgan fingerprint density at radius 3 is 2.31 bits per heavy atom. The van der Waals surface area contributed by atoms with E-state index in [0.29, 0.717) is 12.0 Å². The van der Waals surface area contributed by atoms with Gasteiger partial charge in [0.2, 0.25) is 5.82 Å². The van der Waals surface area contributed by atoms with Crippen molar-refractivity contribution in [2.24, 2.45) is 11.8 Å². The van der Waals surface area contributed by atoms with Crippen molar-refractivity contribution in [3.05, 3.63) is 29.3 Å². The molecule has 0 saturated heterocycles. The van der Waals surface area contributed by atoms with Gasteiger partial charge in [0.15, 0.2) is 17.7 Å². The van der Waals surface area contributed by atoms with E-state index in [1.165, 1.54) is 32.1 Å². The van der Waals surface area contributed by atoms with Gasteiger partial charge in [0.05, 0.1) is 0 Å². The van der Waals surface area contributed by atoms with Crippen molar-refractivity contribution in [2.45, 2.75) is 102 Å². The summed E-state index contributed by atoms with van der Waals surface area (Å²) in [7, 11) is 0. The number of hydrogen-bond donors (Lipinski definition) is 0. The lowest BCUT2D eigenvalue weighted by Crippen LogP contribution is -2.23. The van der Waals surface area contributed by atoms with Crippen LogP contribution in [0, 0.1) is 35.8 Å². The Morgan fingerprint density at radius 2 is 1.66 bits per heavy atom. The first-order valence-corrected chi connectivity index (χ1v) is 11.7. The van der Waals surface area contributed by atoms with Crippen LogP contribution >= 0.6 is 0 Å². The predicted octanol–water partition coefficient (Wildman–Crippen LogP) is 7.78. The van der Waals surface area contributed by atoms with Crippen molar-refractivity contribution in [3.8, 4) is 18.1 Å². The molecule has 3 heteroatoms. The molecule has 29 heavy (non-hydrogen) atoms. The van der Waals surface area contributed by atoms with Gasteiger partial charge in [0.1, 0.15) is 0 Å². The standard InChI is InChI=1S/C26H36F2O/c1-3-5-7-12-22(4-2)29-24-18-17-23(25(27)26(24)28)21-15-13-20(14-16-21)19-10-8-6-9-11-19/h2,17-22H,3,5-16H2,1H3. The van der Waals surface area contributed by atoms with Gasteiger partial charge in [-0.1, -0.05) is 63.9 Å². The molecule has 2 aliphatic carbocycles. The minimum Gasteiger partial charge on any atom is -0.475 e. The van der Waals surface area contributed by atoms with Crippen molar-refractivity contribution < 1.29 is 13.5 Å². The third-order valence-electron chi connectivity index (χ3n) is 7.13. The highest BCUT2D eigenvalue weighted by atomic mass is 19.2. The van der Waals surface area contributed by atoms with Crippen LogP contribution in [-0.2, 0) is 0 Å². The highest BCUT2D eigenvalue weighted by Crippen LogP contribution is 2.44. The van der Waals surface area contributed by atoms with Crippen LogP contribution in [0.2, 0.25) is 0 Å². The lowest BCUT2D eigenvalue weighted by Gasteiger charge is -2.36. The van der Waals surface area contributed by atoms with Gasteiger partial charge in [-0.25, -0.2) is 4.39 Å². The quantitative estimate of drug-likeness (QED) is 0.319. The molecule has 2 aliphatic rings. The summed E-state index contributed by atoms with van der Waals surface area (Å²) in [6, 6.07) is 3.30. The summed E-state index contributed by atoms with van der Waals surface area (Å²) < 4.78 is 35.2. The van der Waals surface area contributed by atoms with E-state index in [9.17, 15) is 8.78 Å². The van der Waals surface area contributed by atoms with Crippen molar-refractivity contribution in [1.82, 2.24) is 0 Å². The number of terminal acetylenes is 1. The SMILES string of the molecule is C#CC(CCCCC)Oc1ccc(C2CCC(C3CCCCC3)CC2)c(F)c1F. The fourth-order valence-corrected chi connectivity index (χ4v) is 5.37. The van der Waals surface area contributed by atoms with Crippen LogP contribution in [0.3, 0.4) is 0 Å². The minimum atomic E-state index is -0.882. The zero-order valence-corrected chi connectivity index (χ0v) is 17.9. The Bertz CT molecular complexity index is 679. The molecule has 0 N–H and O–H groups in total. The van der Waals surface area contributed by atoms with E-state index in [2.05, 4.69) is 12.8 Å². The second-order valence-electron chi connectivity index (χ2n) is 9.06. The molecule has 0 aromatic heterocycles. The predicted molar refractivity (Wildman–Crippen MR) is 115 cm³/mol. The summed E-state index contributed by atoms with van der Waals surface area (Å²) >= 11 is 0.